The van der Waals surface area contributed by atoms with Crippen molar-refractivity contribution >= 4 is 28.3 Å². The van der Waals surface area contributed by atoms with E-state index in [1.54, 1.807) is 0 Å². The lowest BCUT2D eigenvalue weighted by Gasteiger charge is -2.33. The molecule has 98 valence electrons. The number of hydrogen-bond acceptors (Lipinski definition) is 5. The number of carboxylic acids is 1. The van der Waals surface area contributed by atoms with Crippen molar-refractivity contribution in [2.75, 3.05) is 5.73 Å². The number of carboxylic acid groups (broad SMARTS) is 1. The molecule has 0 radical (unpaired) electrons. The highest BCUT2D eigenvalue weighted by Gasteiger charge is 2.41. The first-order chi connectivity index (χ1) is 8.53. The minimum Gasteiger partial charge on any atom is -0.480 e. The van der Waals surface area contributed by atoms with Gasteiger partial charge in [-0.05, 0) is 12.8 Å². The summed E-state index contributed by atoms with van der Waals surface area (Å²) in [5.41, 5.74) is 4.49. The maximum absolute atomic E-state index is 12.0. The molecule has 0 saturated heterocycles. The Morgan fingerprint density at radius 3 is 2.56 bits per heavy atom. The Morgan fingerprint density at radius 2 is 2.06 bits per heavy atom. The Kier molecular flexibility index (Phi) is 3.51. The molecule has 6 nitrogen and oxygen atoms in total. The van der Waals surface area contributed by atoms with Gasteiger partial charge in [0.15, 0.2) is 5.13 Å². The number of nitrogen functional groups attached to an aromatic ring is 1. The summed E-state index contributed by atoms with van der Waals surface area (Å²) in [5.74, 6) is -1.44. The summed E-state index contributed by atoms with van der Waals surface area (Å²) >= 11 is 1.16. The predicted octanol–water partition coefficient (Wildman–Crippen LogP) is 1.24. The van der Waals surface area contributed by atoms with E-state index in [1.165, 1.54) is 5.38 Å². The number of thiazole rings is 1. The topological polar surface area (TPSA) is 105 Å². The van der Waals surface area contributed by atoms with Gasteiger partial charge in [-0.25, -0.2) is 9.78 Å². The van der Waals surface area contributed by atoms with E-state index in [0.29, 0.717) is 18.0 Å². The molecule has 4 N–H and O–H groups in total. The molecule has 1 saturated carbocycles. The number of nitrogens with one attached hydrogen (secondary N) is 1. The first kappa shape index (κ1) is 12.8. The van der Waals surface area contributed by atoms with Crippen molar-refractivity contribution in [3.05, 3.63) is 11.1 Å². The molecule has 0 unspecified atom stereocenters. The lowest BCUT2D eigenvalue weighted by molar-refractivity contribution is -0.145. The van der Waals surface area contributed by atoms with Crippen molar-refractivity contribution in [2.24, 2.45) is 0 Å². The lowest BCUT2D eigenvalue weighted by atomic mass is 9.81. The number of carbonyl (C=O) groups excluding carboxylic acids is 1. The molecule has 0 spiro atoms. The molecule has 0 bridgehead atoms. The summed E-state index contributed by atoms with van der Waals surface area (Å²) in [6.45, 7) is 0. The van der Waals surface area contributed by atoms with Crippen LogP contribution in [0.1, 0.15) is 42.6 Å². The van der Waals surface area contributed by atoms with Crippen molar-refractivity contribution in [1.82, 2.24) is 10.3 Å². The number of nitrogens with zero attached hydrogens (tertiary/aromatic N) is 1. The van der Waals surface area contributed by atoms with Gasteiger partial charge in [0.2, 0.25) is 0 Å². The van der Waals surface area contributed by atoms with Crippen molar-refractivity contribution in [3.8, 4) is 0 Å². The van der Waals surface area contributed by atoms with Crippen LogP contribution in [0.3, 0.4) is 0 Å². The quantitative estimate of drug-likeness (QED) is 0.765. The molecule has 0 aromatic carbocycles. The van der Waals surface area contributed by atoms with Gasteiger partial charge >= 0.3 is 5.97 Å². The summed E-state index contributed by atoms with van der Waals surface area (Å²) in [6.07, 6.45) is 3.56. The van der Waals surface area contributed by atoms with Crippen LogP contribution in [-0.2, 0) is 4.79 Å². The van der Waals surface area contributed by atoms with Gasteiger partial charge in [-0.15, -0.1) is 11.3 Å². The van der Waals surface area contributed by atoms with E-state index in [4.69, 9.17) is 5.73 Å². The highest BCUT2D eigenvalue weighted by Crippen LogP contribution is 2.29. The number of amides is 1. The monoisotopic (exact) mass is 269 g/mol. The normalized spacial score (nSPS) is 18.2. The Balaban J connectivity index is 2.14. The van der Waals surface area contributed by atoms with Crippen LogP contribution >= 0.6 is 11.3 Å². The Bertz CT molecular complexity index is 466. The maximum Gasteiger partial charge on any atom is 0.329 e. The third kappa shape index (κ3) is 2.45. The first-order valence-electron chi connectivity index (χ1n) is 5.80. The van der Waals surface area contributed by atoms with Gasteiger partial charge in [0.1, 0.15) is 11.2 Å². The van der Waals surface area contributed by atoms with Crippen LogP contribution in [0.15, 0.2) is 5.38 Å². The largest absolute Gasteiger partial charge is 0.480 e. The summed E-state index contributed by atoms with van der Waals surface area (Å²) in [6, 6.07) is 0. The molecule has 1 aliphatic carbocycles. The molecule has 1 aromatic heterocycles. The minimum absolute atomic E-state index is 0.184. The summed E-state index contributed by atoms with van der Waals surface area (Å²) < 4.78 is 0. The van der Waals surface area contributed by atoms with Gasteiger partial charge in [-0.3, -0.25) is 4.79 Å². The summed E-state index contributed by atoms with van der Waals surface area (Å²) in [7, 11) is 0. The zero-order valence-corrected chi connectivity index (χ0v) is 10.6. The molecule has 1 fully saturated rings. The van der Waals surface area contributed by atoms with Gasteiger partial charge in [0.05, 0.1) is 0 Å². The van der Waals surface area contributed by atoms with Crippen LogP contribution in [0.2, 0.25) is 0 Å². The van der Waals surface area contributed by atoms with Gasteiger partial charge in [0.25, 0.3) is 5.91 Å². The lowest BCUT2D eigenvalue weighted by Crippen LogP contribution is -2.55. The van der Waals surface area contributed by atoms with Gasteiger partial charge in [-0.1, -0.05) is 19.3 Å². The standard InChI is InChI=1S/C11H15N3O3S/c12-10-13-7(6-18-10)8(15)14-11(9(16)17)4-2-1-3-5-11/h6H,1-5H2,(H2,12,13)(H,14,15)(H,16,17). The van der Waals surface area contributed by atoms with Crippen LogP contribution in [-0.4, -0.2) is 27.5 Å². The van der Waals surface area contributed by atoms with Gasteiger partial charge in [0, 0.05) is 5.38 Å². The van der Waals surface area contributed by atoms with E-state index in [2.05, 4.69) is 10.3 Å². The minimum atomic E-state index is -1.15. The zero-order chi connectivity index (χ0) is 13.2. The second-order valence-electron chi connectivity index (χ2n) is 4.47. The van der Waals surface area contributed by atoms with E-state index >= 15 is 0 Å². The SMILES string of the molecule is Nc1nc(C(=O)NC2(C(=O)O)CCCCC2)cs1. The predicted molar refractivity (Wildman–Crippen MR) is 67.4 cm³/mol. The second kappa shape index (κ2) is 4.93. The molecular formula is C11H15N3O3S. The Labute approximate surface area is 108 Å². The van der Waals surface area contributed by atoms with E-state index in [0.717, 1.165) is 30.6 Å². The van der Waals surface area contributed by atoms with Crippen LogP contribution in [0, 0.1) is 0 Å². The van der Waals surface area contributed by atoms with Crippen LogP contribution < -0.4 is 11.1 Å². The number of aliphatic carboxylic acids is 1. The van der Waals surface area contributed by atoms with E-state index in [-0.39, 0.29) is 5.69 Å². The van der Waals surface area contributed by atoms with E-state index < -0.39 is 17.4 Å². The fraction of sp³-hybridized carbons (Fsp3) is 0.545. The molecule has 1 aliphatic rings. The highest BCUT2D eigenvalue weighted by atomic mass is 32.1. The molecule has 2 rings (SSSR count). The van der Waals surface area contributed by atoms with Crippen LogP contribution in [0.5, 0.6) is 0 Å². The fourth-order valence-electron chi connectivity index (χ4n) is 2.22. The smallest absolute Gasteiger partial charge is 0.329 e. The average molecular weight is 269 g/mol. The maximum atomic E-state index is 12.0. The molecule has 1 amide bonds. The number of anilines is 1. The van der Waals surface area contributed by atoms with E-state index in [1.807, 2.05) is 0 Å². The molecule has 0 aliphatic heterocycles. The van der Waals surface area contributed by atoms with Gasteiger partial charge < -0.3 is 16.2 Å². The van der Waals surface area contributed by atoms with Crippen LogP contribution in [0.25, 0.3) is 0 Å². The Hall–Kier alpha value is -1.63. The average Bonchev–Trinajstić information content (AvgIpc) is 2.77. The van der Waals surface area contributed by atoms with Crippen molar-refractivity contribution < 1.29 is 14.7 Å². The number of nitrogens with two attached hydrogens (primary N) is 1. The second-order valence-corrected chi connectivity index (χ2v) is 5.36. The van der Waals surface area contributed by atoms with Crippen molar-refractivity contribution in [2.45, 2.75) is 37.6 Å². The molecule has 0 atom stereocenters. The summed E-state index contributed by atoms with van der Waals surface area (Å²) in [4.78, 5) is 27.2. The Morgan fingerprint density at radius 1 is 1.39 bits per heavy atom. The molecular weight excluding hydrogens is 254 g/mol. The number of aromatic nitrogens is 1. The number of hydrogen-bond donors (Lipinski definition) is 3. The number of carbonyl (C=O) groups is 2. The van der Waals surface area contributed by atoms with Crippen molar-refractivity contribution in [1.29, 1.82) is 0 Å². The molecule has 7 heteroatoms. The molecule has 1 heterocycles. The zero-order valence-electron chi connectivity index (χ0n) is 9.81. The highest BCUT2D eigenvalue weighted by molar-refractivity contribution is 7.13. The summed E-state index contributed by atoms with van der Waals surface area (Å²) in [5, 5.41) is 13.8. The van der Waals surface area contributed by atoms with Crippen molar-refractivity contribution in [3.63, 3.8) is 0 Å². The number of rotatable bonds is 3. The first-order valence-corrected chi connectivity index (χ1v) is 6.68. The molecule has 1 aromatic rings. The third-order valence-electron chi connectivity index (χ3n) is 3.22. The van der Waals surface area contributed by atoms with E-state index in [9.17, 15) is 14.7 Å². The third-order valence-corrected chi connectivity index (χ3v) is 3.90. The molecule has 18 heavy (non-hydrogen) atoms. The van der Waals surface area contributed by atoms with Crippen LogP contribution in [0.4, 0.5) is 5.13 Å². The fourth-order valence-corrected chi connectivity index (χ4v) is 2.76. The van der Waals surface area contributed by atoms with Gasteiger partial charge in [-0.2, -0.15) is 0 Å².